The highest BCUT2D eigenvalue weighted by molar-refractivity contribution is 5.21. The van der Waals surface area contributed by atoms with Gasteiger partial charge in [-0.2, -0.15) is 0 Å². The number of hydrogen-bond acceptors (Lipinski definition) is 2. The first-order chi connectivity index (χ1) is 8.74. The lowest BCUT2D eigenvalue weighted by Gasteiger charge is -2.28. The second kappa shape index (κ2) is 5.04. The van der Waals surface area contributed by atoms with E-state index in [1.807, 2.05) is 0 Å². The van der Waals surface area contributed by atoms with E-state index < -0.39 is 0 Å². The fourth-order valence-corrected chi connectivity index (χ4v) is 3.10. The Morgan fingerprint density at radius 1 is 1.39 bits per heavy atom. The third-order valence-corrected chi connectivity index (χ3v) is 4.32. The average molecular weight is 247 g/mol. The summed E-state index contributed by atoms with van der Waals surface area (Å²) in [6.07, 6.45) is 6.56. The minimum absolute atomic E-state index is 0.696. The summed E-state index contributed by atoms with van der Waals surface area (Å²) in [5.41, 5.74) is 2.84. The second-order valence-corrected chi connectivity index (χ2v) is 6.35. The van der Waals surface area contributed by atoms with Crippen molar-refractivity contribution in [3.05, 3.63) is 17.2 Å². The van der Waals surface area contributed by atoms with Crippen LogP contribution >= 0.6 is 0 Å². The minimum Gasteiger partial charge on any atom is -0.331 e. The van der Waals surface area contributed by atoms with Crippen LogP contribution in [0.5, 0.6) is 0 Å². The maximum atomic E-state index is 4.90. The molecule has 2 heterocycles. The smallest absolute Gasteiger partial charge is 0.109 e. The van der Waals surface area contributed by atoms with Crippen molar-refractivity contribution in [2.75, 3.05) is 6.54 Å². The number of nitrogens with one attached hydrogen (secondary N) is 1. The van der Waals surface area contributed by atoms with Crippen molar-refractivity contribution in [2.45, 2.75) is 59.0 Å². The van der Waals surface area contributed by atoms with Crippen LogP contribution in [-0.4, -0.2) is 16.1 Å². The minimum atomic E-state index is 0.696. The molecular weight excluding hydrogens is 222 g/mol. The molecule has 0 atom stereocenters. The van der Waals surface area contributed by atoms with E-state index in [-0.39, 0.29) is 0 Å². The molecule has 1 aromatic heterocycles. The maximum absolute atomic E-state index is 4.90. The molecule has 0 bridgehead atoms. The molecule has 1 aromatic rings. The van der Waals surface area contributed by atoms with Crippen LogP contribution in [0.4, 0.5) is 0 Å². The molecule has 1 N–H and O–H groups in total. The topological polar surface area (TPSA) is 29.9 Å². The summed E-state index contributed by atoms with van der Waals surface area (Å²) in [6, 6.07) is 0. The summed E-state index contributed by atoms with van der Waals surface area (Å²) >= 11 is 0. The average Bonchev–Trinajstić information content (AvgIpc) is 2.60. The van der Waals surface area contributed by atoms with Gasteiger partial charge >= 0.3 is 0 Å². The Bertz CT molecular complexity index is 416. The fraction of sp³-hybridized carbons (Fsp3) is 0.800. The summed E-state index contributed by atoms with van der Waals surface area (Å²) in [6.45, 7) is 7.90. The molecule has 3 heteroatoms. The molecule has 1 fully saturated rings. The summed E-state index contributed by atoms with van der Waals surface area (Å²) in [4.78, 5) is 4.90. The Morgan fingerprint density at radius 3 is 2.89 bits per heavy atom. The number of aromatic nitrogens is 2. The summed E-state index contributed by atoms with van der Waals surface area (Å²) in [5, 5.41) is 3.44. The van der Waals surface area contributed by atoms with Gasteiger partial charge in [0.1, 0.15) is 5.82 Å². The highest BCUT2D eigenvalue weighted by Gasteiger charge is 2.24. The third kappa shape index (κ3) is 2.33. The number of fused-ring (bicyclic) bond motifs is 1. The van der Waals surface area contributed by atoms with E-state index in [1.54, 1.807) is 0 Å². The van der Waals surface area contributed by atoms with Crippen molar-refractivity contribution in [1.82, 2.24) is 14.9 Å². The third-order valence-electron chi connectivity index (χ3n) is 4.32. The van der Waals surface area contributed by atoms with Crippen LogP contribution in [0.3, 0.4) is 0 Å². The van der Waals surface area contributed by atoms with Crippen LogP contribution in [0.15, 0.2) is 0 Å². The number of hydrogen-bond donors (Lipinski definition) is 1. The number of rotatable bonds is 4. The van der Waals surface area contributed by atoms with E-state index >= 15 is 0 Å². The van der Waals surface area contributed by atoms with Gasteiger partial charge in [0.05, 0.1) is 5.69 Å². The van der Waals surface area contributed by atoms with Gasteiger partial charge in [-0.3, -0.25) is 0 Å². The molecule has 0 amide bonds. The van der Waals surface area contributed by atoms with Gasteiger partial charge in [-0.1, -0.05) is 20.3 Å². The molecule has 0 saturated heterocycles. The van der Waals surface area contributed by atoms with Gasteiger partial charge in [-0.05, 0) is 24.7 Å². The van der Waals surface area contributed by atoms with Crippen molar-refractivity contribution in [2.24, 2.45) is 11.8 Å². The van der Waals surface area contributed by atoms with Crippen molar-refractivity contribution < 1.29 is 0 Å². The quantitative estimate of drug-likeness (QED) is 0.886. The monoisotopic (exact) mass is 247 g/mol. The highest BCUT2D eigenvalue weighted by atomic mass is 15.1. The van der Waals surface area contributed by atoms with E-state index in [4.69, 9.17) is 4.98 Å². The van der Waals surface area contributed by atoms with E-state index in [0.29, 0.717) is 5.92 Å². The van der Waals surface area contributed by atoms with Gasteiger partial charge in [0.25, 0.3) is 0 Å². The van der Waals surface area contributed by atoms with Crippen molar-refractivity contribution in [3.8, 4) is 0 Å². The van der Waals surface area contributed by atoms with Crippen LogP contribution in [0, 0.1) is 11.8 Å². The van der Waals surface area contributed by atoms with Crippen molar-refractivity contribution >= 4 is 0 Å². The zero-order valence-electron chi connectivity index (χ0n) is 11.7. The lowest BCUT2D eigenvalue weighted by molar-refractivity contribution is 0.269. The Labute approximate surface area is 110 Å². The molecule has 2 aliphatic rings. The molecule has 3 rings (SSSR count). The van der Waals surface area contributed by atoms with E-state index in [9.17, 15) is 0 Å². The number of imidazole rings is 1. The van der Waals surface area contributed by atoms with Crippen LogP contribution in [-0.2, 0) is 25.9 Å². The predicted molar refractivity (Wildman–Crippen MR) is 73.5 cm³/mol. The SMILES string of the molecule is CC(C)Cc1nc2c(n1CC1CCC1)CCNC2. The molecular formula is C15H25N3. The van der Waals surface area contributed by atoms with Gasteiger partial charge < -0.3 is 9.88 Å². The van der Waals surface area contributed by atoms with Crippen molar-refractivity contribution in [3.63, 3.8) is 0 Å². The normalized spacial score (nSPS) is 19.9. The Hall–Kier alpha value is -0.830. The van der Waals surface area contributed by atoms with Crippen molar-refractivity contribution in [1.29, 1.82) is 0 Å². The Balaban J connectivity index is 1.87. The van der Waals surface area contributed by atoms with Crippen LogP contribution in [0.25, 0.3) is 0 Å². The molecule has 0 aromatic carbocycles. The lowest BCUT2D eigenvalue weighted by Crippen LogP contribution is -2.27. The summed E-state index contributed by atoms with van der Waals surface area (Å²) in [5.74, 6) is 2.96. The zero-order chi connectivity index (χ0) is 12.5. The first-order valence-electron chi connectivity index (χ1n) is 7.52. The molecule has 1 saturated carbocycles. The summed E-state index contributed by atoms with van der Waals surface area (Å²) < 4.78 is 2.57. The number of nitrogens with zero attached hydrogens (tertiary/aromatic N) is 2. The van der Waals surface area contributed by atoms with Gasteiger partial charge in [0.15, 0.2) is 0 Å². The van der Waals surface area contributed by atoms with E-state index in [1.165, 1.54) is 43.0 Å². The van der Waals surface area contributed by atoms with Crippen LogP contribution < -0.4 is 5.32 Å². The molecule has 0 unspecified atom stereocenters. The van der Waals surface area contributed by atoms with Gasteiger partial charge in [0.2, 0.25) is 0 Å². The molecule has 0 radical (unpaired) electrons. The molecule has 0 spiro atoms. The first-order valence-corrected chi connectivity index (χ1v) is 7.52. The predicted octanol–water partition coefficient (Wildman–Crippen LogP) is 2.53. The van der Waals surface area contributed by atoms with Gasteiger partial charge in [-0.15, -0.1) is 0 Å². The van der Waals surface area contributed by atoms with Crippen LogP contribution in [0.2, 0.25) is 0 Å². The Kier molecular flexibility index (Phi) is 3.42. The molecule has 18 heavy (non-hydrogen) atoms. The largest absolute Gasteiger partial charge is 0.331 e. The summed E-state index contributed by atoms with van der Waals surface area (Å²) in [7, 11) is 0. The molecule has 100 valence electrons. The standard InChI is InChI=1S/C15H25N3/c1-11(2)8-15-17-13-9-16-7-6-14(13)18(15)10-12-4-3-5-12/h11-12,16H,3-10H2,1-2H3. The Morgan fingerprint density at radius 2 is 2.22 bits per heavy atom. The second-order valence-electron chi connectivity index (χ2n) is 6.35. The maximum Gasteiger partial charge on any atom is 0.109 e. The van der Waals surface area contributed by atoms with Crippen LogP contribution in [0.1, 0.15) is 50.3 Å². The van der Waals surface area contributed by atoms with E-state index in [2.05, 4.69) is 23.7 Å². The highest BCUT2D eigenvalue weighted by Crippen LogP contribution is 2.30. The fourth-order valence-electron chi connectivity index (χ4n) is 3.10. The molecule has 1 aliphatic carbocycles. The van der Waals surface area contributed by atoms with E-state index in [0.717, 1.165) is 31.8 Å². The lowest BCUT2D eigenvalue weighted by atomic mass is 9.85. The molecule has 3 nitrogen and oxygen atoms in total. The molecule has 1 aliphatic heterocycles. The first kappa shape index (κ1) is 12.2. The van der Waals surface area contributed by atoms with Gasteiger partial charge in [0, 0.05) is 38.2 Å². The van der Waals surface area contributed by atoms with Gasteiger partial charge in [-0.25, -0.2) is 4.98 Å². The zero-order valence-corrected chi connectivity index (χ0v) is 11.7.